The molecule has 0 saturated carbocycles. The molecular formula is C13H13KN2OS. The zero-order chi connectivity index (χ0) is 12.4. The summed E-state index contributed by atoms with van der Waals surface area (Å²) >= 11 is 1.44. The first-order valence-corrected chi connectivity index (χ1v) is 6.09. The van der Waals surface area contributed by atoms with Crippen molar-refractivity contribution in [3.8, 4) is 11.1 Å². The van der Waals surface area contributed by atoms with Crippen LogP contribution in [0.4, 0.5) is 5.00 Å². The molecule has 2 aromatic rings. The van der Waals surface area contributed by atoms with E-state index in [0.717, 1.165) is 11.1 Å². The number of rotatable bonds is 3. The predicted molar refractivity (Wildman–Crippen MR) is 72.0 cm³/mol. The first-order valence-electron chi connectivity index (χ1n) is 5.21. The van der Waals surface area contributed by atoms with Gasteiger partial charge in [0.15, 0.2) is 0 Å². The maximum Gasteiger partial charge on any atom is 1.00 e. The van der Waals surface area contributed by atoms with Gasteiger partial charge in [0.1, 0.15) is 0 Å². The van der Waals surface area contributed by atoms with Gasteiger partial charge in [0, 0.05) is 11.1 Å². The van der Waals surface area contributed by atoms with Gasteiger partial charge in [-0.05, 0) is 17.9 Å². The predicted octanol–water partition coefficient (Wildman–Crippen LogP) is 0.461. The average Bonchev–Trinajstić information content (AvgIpc) is 2.73. The van der Waals surface area contributed by atoms with Crippen LogP contribution in [0, 0.1) is 6.92 Å². The van der Waals surface area contributed by atoms with Crippen LogP contribution in [0.25, 0.3) is 16.4 Å². The van der Waals surface area contributed by atoms with Crippen LogP contribution in [0.2, 0.25) is 0 Å². The summed E-state index contributed by atoms with van der Waals surface area (Å²) in [4.78, 5) is 11.5. The van der Waals surface area contributed by atoms with Crippen LogP contribution in [0.1, 0.15) is 15.9 Å². The standard InChI is InChI=1S/C13H14N2OS.K/c1-8-3-5-9(6-4-8)10-7-17-13(15-2)11(10)12(14)16;/h3-7H,1-2H3,(H3,14,15,16);/q;+1/p-1. The van der Waals surface area contributed by atoms with E-state index >= 15 is 0 Å². The van der Waals surface area contributed by atoms with Gasteiger partial charge in [-0.1, -0.05) is 34.8 Å². The number of nitrogens with two attached hydrogens (primary N) is 1. The number of nitrogens with zero attached hydrogens (tertiary/aromatic N) is 1. The van der Waals surface area contributed by atoms with Crippen LogP contribution in [0.3, 0.4) is 0 Å². The van der Waals surface area contributed by atoms with Crippen LogP contribution in [0.15, 0.2) is 29.6 Å². The Morgan fingerprint density at radius 3 is 2.39 bits per heavy atom. The Kier molecular flexibility index (Phi) is 6.03. The molecule has 0 bridgehead atoms. The van der Waals surface area contributed by atoms with E-state index in [9.17, 15) is 4.79 Å². The van der Waals surface area contributed by atoms with E-state index in [0.29, 0.717) is 10.6 Å². The molecule has 2 N–H and O–H groups in total. The fourth-order valence-electron chi connectivity index (χ4n) is 1.70. The molecule has 0 fully saturated rings. The number of primary amides is 1. The molecule has 1 amide bonds. The van der Waals surface area contributed by atoms with Gasteiger partial charge in [0.05, 0.1) is 0 Å². The maximum absolute atomic E-state index is 11.5. The molecule has 5 heteroatoms. The van der Waals surface area contributed by atoms with Gasteiger partial charge in [-0.3, -0.25) is 4.79 Å². The first kappa shape index (κ1) is 15.9. The van der Waals surface area contributed by atoms with Crippen LogP contribution in [-0.2, 0) is 0 Å². The molecule has 3 nitrogen and oxygen atoms in total. The van der Waals surface area contributed by atoms with Gasteiger partial charge in [-0.2, -0.15) is 11.3 Å². The molecule has 88 valence electrons. The van der Waals surface area contributed by atoms with E-state index in [1.165, 1.54) is 16.9 Å². The number of carbonyl (C=O) groups excluding carboxylic acids is 1. The Balaban J connectivity index is 0.00000162. The van der Waals surface area contributed by atoms with Crippen LogP contribution in [-0.4, -0.2) is 13.0 Å². The van der Waals surface area contributed by atoms with Gasteiger partial charge >= 0.3 is 51.4 Å². The molecular weight excluding hydrogens is 271 g/mol. The van der Waals surface area contributed by atoms with Crippen molar-refractivity contribution >= 4 is 22.2 Å². The van der Waals surface area contributed by atoms with Gasteiger partial charge in [-0.15, -0.1) is 7.05 Å². The zero-order valence-electron chi connectivity index (χ0n) is 10.7. The van der Waals surface area contributed by atoms with E-state index in [4.69, 9.17) is 5.73 Å². The quantitative estimate of drug-likeness (QED) is 0.818. The van der Waals surface area contributed by atoms with Crippen LogP contribution >= 0.6 is 11.3 Å². The SMILES string of the molecule is C[N-]c1scc(-c2ccc(C)cc2)c1C(N)=O.[K+]. The summed E-state index contributed by atoms with van der Waals surface area (Å²) in [5, 5.41) is 6.68. The number of benzene rings is 1. The second kappa shape index (κ2) is 6.84. The van der Waals surface area contributed by atoms with Crippen molar-refractivity contribution in [3.05, 3.63) is 46.1 Å². The minimum absolute atomic E-state index is 0. The molecule has 0 spiro atoms. The van der Waals surface area contributed by atoms with Crippen LogP contribution < -0.4 is 57.1 Å². The number of hydrogen-bond acceptors (Lipinski definition) is 2. The largest absolute Gasteiger partial charge is 1.00 e. The van der Waals surface area contributed by atoms with E-state index in [1.54, 1.807) is 7.05 Å². The Labute approximate surface area is 153 Å². The summed E-state index contributed by atoms with van der Waals surface area (Å²) < 4.78 is 0. The molecule has 0 atom stereocenters. The van der Waals surface area contributed by atoms with Crippen molar-refractivity contribution in [2.24, 2.45) is 5.73 Å². The number of aryl methyl sites for hydroxylation is 1. The van der Waals surface area contributed by atoms with Crippen molar-refractivity contribution in [1.29, 1.82) is 0 Å². The normalized spacial score (nSPS) is 9.67. The van der Waals surface area contributed by atoms with E-state index in [1.807, 2.05) is 36.6 Å². The summed E-state index contributed by atoms with van der Waals surface area (Å²) in [6.07, 6.45) is 0. The molecule has 1 aromatic carbocycles. The summed E-state index contributed by atoms with van der Waals surface area (Å²) in [7, 11) is 1.66. The second-order valence-electron chi connectivity index (χ2n) is 3.78. The summed E-state index contributed by atoms with van der Waals surface area (Å²) in [5.74, 6) is -0.428. The smallest absolute Gasteiger partial charge is 0.678 e. The molecule has 1 aromatic heterocycles. The fourth-order valence-corrected chi connectivity index (χ4v) is 2.61. The van der Waals surface area contributed by atoms with Gasteiger partial charge in [0.25, 0.3) is 0 Å². The number of carbonyl (C=O) groups is 1. The molecule has 0 aliphatic carbocycles. The third-order valence-electron chi connectivity index (χ3n) is 2.58. The van der Waals surface area contributed by atoms with Crippen molar-refractivity contribution in [3.63, 3.8) is 0 Å². The van der Waals surface area contributed by atoms with E-state index in [2.05, 4.69) is 5.32 Å². The Hall–Kier alpha value is -0.174. The fraction of sp³-hybridized carbons (Fsp3) is 0.154. The maximum atomic E-state index is 11.5. The van der Waals surface area contributed by atoms with Gasteiger partial charge < -0.3 is 11.1 Å². The Morgan fingerprint density at radius 2 is 1.89 bits per heavy atom. The Bertz CT molecular complexity index is 549. The molecule has 0 unspecified atom stereocenters. The topological polar surface area (TPSA) is 57.2 Å². The van der Waals surface area contributed by atoms with Crippen molar-refractivity contribution in [2.75, 3.05) is 7.05 Å². The molecule has 0 aliphatic heterocycles. The molecule has 1 heterocycles. The zero-order valence-corrected chi connectivity index (χ0v) is 14.7. The Morgan fingerprint density at radius 1 is 1.28 bits per heavy atom. The summed E-state index contributed by atoms with van der Waals surface area (Å²) in [6, 6.07) is 8.01. The third kappa shape index (κ3) is 3.23. The molecule has 0 aliphatic rings. The minimum atomic E-state index is -0.428. The number of thiophene rings is 1. The number of amides is 1. The van der Waals surface area contributed by atoms with Crippen molar-refractivity contribution < 1.29 is 56.2 Å². The molecule has 18 heavy (non-hydrogen) atoms. The van der Waals surface area contributed by atoms with Crippen molar-refractivity contribution in [1.82, 2.24) is 0 Å². The summed E-state index contributed by atoms with van der Waals surface area (Å²) in [6.45, 7) is 2.03. The monoisotopic (exact) mass is 284 g/mol. The second-order valence-corrected chi connectivity index (χ2v) is 4.64. The van der Waals surface area contributed by atoms with Crippen molar-refractivity contribution in [2.45, 2.75) is 6.92 Å². The number of hydrogen-bond donors (Lipinski definition) is 1. The molecule has 2 rings (SSSR count). The van der Waals surface area contributed by atoms with Gasteiger partial charge in [-0.25, -0.2) is 0 Å². The average molecular weight is 284 g/mol. The molecule has 0 radical (unpaired) electrons. The van der Waals surface area contributed by atoms with Crippen LogP contribution in [0.5, 0.6) is 0 Å². The van der Waals surface area contributed by atoms with Gasteiger partial charge in [0.2, 0.25) is 5.91 Å². The third-order valence-corrected chi connectivity index (χ3v) is 3.55. The van der Waals surface area contributed by atoms with E-state index < -0.39 is 5.91 Å². The summed E-state index contributed by atoms with van der Waals surface area (Å²) in [5.41, 5.74) is 8.97. The van der Waals surface area contributed by atoms with E-state index in [-0.39, 0.29) is 51.4 Å². The molecule has 0 saturated heterocycles. The minimum Gasteiger partial charge on any atom is -0.678 e. The first-order chi connectivity index (χ1) is 8.13.